The van der Waals surface area contributed by atoms with Gasteiger partial charge in [-0.3, -0.25) is 4.90 Å². The average Bonchev–Trinajstić information content (AvgIpc) is 2.48. The molecule has 0 radical (unpaired) electrons. The molecule has 78 valence electrons. The first-order valence-corrected chi connectivity index (χ1v) is 5.05. The second kappa shape index (κ2) is 3.37. The zero-order chi connectivity index (χ0) is 10.2. The Morgan fingerprint density at radius 1 is 1.57 bits per heavy atom. The van der Waals surface area contributed by atoms with Gasteiger partial charge in [0.05, 0.1) is 12.1 Å². The summed E-state index contributed by atoms with van der Waals surface area (Å²) in [6, 6.07) is 0. The second-order valence-corrected chi connectivity index (χ2v) is 4.27. The summed E-state index contributed by atoms with van der Waals surface area (Å²) in [6.07, 6.45) is 3.82. The summed E-state index contributed by atoms with van der Waals surface area (Å²) in [5.41, 5.74) is -0.483. The smallest absolute Gasteiger partial charge is 0.122 e. The van der Waals surface area contributed by atoms with Crippen LogP contribution in [0, 0.1) is 0 Å². The Balaban J connectivity index is 1.93. The molecule has 0 aliphatic carbocycles. The van der Waals surface area contributed by atoms with Crippen molar-refractivity contribution >= 4 is 0 Å². The van der Waals surface area contributed by atoms with Gasteiger partial charge in [-0.25, -0.2) is 4.98 Å². The van der Waals surface area contributed by atoms with Crippen LogP contribution >= 0.6 is 0 Å². The fourth-order valence-electron chi connectivity index (χ4n) is 2.01. The molecule has 0 spiro atoms. The molecule has 1 saturated heterocycles. The summed E-state index contributed by atoms with van der Waals surface area (Å²) in [5.74, 6) is 1.09. The molecule has 4 nitrogen and oxygen atoms in total. The van der Waals surface area contributed by atoms with Gasteiger partial charge >= 0.3 is 0 Å². The highest BCUT2D eigenvalue weighted by molar-refractivity contribution is 4.98. The number of hydrogen-bond acceptors (Lipinski definition) is 3. The topological polar surface area (TPSA) is 41.3 Å². The molecule has 14 heavy (non-hydrogen) atoms. The molecular weight excluding hydrogens is 178 g/mol. The summed E-state index contributed by atoms with van der Waals surface area (Å²) < 4.78 is 2.13. The van der Waals surface area contributed by atoms with Crippen LogP contribution in [0.25, 0.3) is 0 Å². The van der Waals surface area contributed by atoms with Crippen molar-refractivity contribution in [1.82, 2.24) is 14.5 Å². The maximum absolute atomic E-state index is 9.57. The number of imidazole rings is 1. The lowest BCUT2D eigenvalue weighted by Gasteiger charge is -2.43. The predicted octanol–water partition coefficient (Wildman–Crippen LogP) is 0.470. The fourth-order valence-corrected chi connectivity index (χ4v) is 2.01. The van der Waals surface area contributed by atoms with Crippen LogP contribution in [0.4, 0.5) is 0 Å². The third-order valence-electron chi connectivity index (χ3n) is 2.64. The number of likely N-dealkylation sites (tertiary alicyclic amines) is 1. The minimum Gasteiger partial charge on any atom is -0.388 e. The average molecular weight is 195 g/mol. The second-order valence-electron chi connectivity index (χ2n) is 4.27. The fraction of sp³-hybridized carbons (Fsp3) is 0.700. The Kier molecular flexibility index (Phi) is 2.33. The Bertz CT molecular complexity index is 311. The summed E-state index contributed by atoms with van der Waals surface area (Å²) in [7, 11) is 0. The summed E-state index contributed by atoms with van der Waals surface area (Å²) in [6.45, 7) is 7.29. The molecule has 1 N–H and O–H groups in total. The van der Waals surface area contributed by atoms with E-state index < -0.39 is 5.60 Å². The third kappa shape index (κ3) is 1.81. The van der Waals surface area contributed by atoms with Crippen LogP contribution in [-0.4, -0.2) is 38.2 Å². The van der Waals surface area contributed by atoms with Crippen LogP contribution in [0.3, 0.4) is 0 Å². The van der Waals surface area contributed by atoms with Crippen molar-refractivity contribution in [1.29, 1.82) is 0 Å². The minimum absolute atomic E-state index is 0.483. The van der Waals surface area contributed by atoms with E-state index >= 15 is 0 Å². The molecule has 1 aliphatic heterocycles. The van der Waals surface area contributed by atoms with Crippen molar-refractivity contribution in [2.75, 3.05) is 13.1 Å². The first kappa shape index (κ1) is 9.68. The standard InChI is InChI=1S/C10H17N3O/c1-3-13-5-4-11-9(13)6-12-7-10(2,14)8-12/h4-5,14H,3,6-8H2,1-2H3. The van der Waals surface area contributed by atoms with Gasteiger partial charge in [0.15, 0.2) is 0 Å². The van der Waals surface area contributed by atoms with E-state index in [1.54, 1.807) is 0 Å². The van der Waals surface area contributed by atoms with Crippen LogP contribution in [0.5, 0.6) is 0 Å². The van der Waals surface area contributed by atoms with Crippen molar-refractivity contribution in [2.45, 2.75) is 32.5 Å². The predicted molar refractivity (Wildman–Crippen MR) is 53.8 cm³/mol. The largest absolute Gasteiger partial charge is 0.388 e. The molecule has 0 bridgehead atoms. The summed E-state index contributed by atoms with van der Waals surface area (Å²) >= 11 is 0. The number of aryl methyl sites for hydroxylation is 1. The number of aliphatic hydroxyl groups is 1. The molecule has 1 aromatic heterocycles. The van der Waals surface area contributed by atoms with Gasteiger partial charge in [0.1, 0.15) is 5.82 Å². The molecule has 4 heteroatoms. The molecule has 0 amide bonds. The molecule has 0 atom stereocenters. The van der Waals surface area contributed by atoms with Gasteiger partial charge in [0, 0.05) is 32.0 Å². The highest BCUT2D eigenvalue weighted by Crippen LogP contribution is 2.21. The molecule has 0 saturated carbocycles. The summed E-state index contributed by atoms with van der Waals surface area (Å²) in [4.78, 5) is 6.50. The maximum atomic E-state index is 9.57. The number of β-amino-alcohol motifs (C(OH)–C–C–N with tert-alkyl or cyclic N) is 1. The Hall–Kier alpha value is -0.870. The molecule has 1 aromatic rings. The van der Waals surface area contributed by atoms with Gasteiger partial charge in [-0.2, -0.15) is 0 Å². The van der Waals surface area contributed by atoms with Crippen LogP contribution < -0.4 is 0 Å². The van der Waals surface area contributed by atoms with Crippen molar-refractivity contribution < 1.29 is 5.11 Å². The van der Waals surface area contributed by atoms with E-state index in [1.165, 1.54) is 0 Å². The van der Waals surface area contributed by atoms with E-state index in [2.05, 4.69) is 21.4 Å². The highest BCUT2D eigenvalue weighted by atomic mass is 16.3. The third-order valence-corrected chi connectivity index (χ3v) is 2.64. The van der Waals surface area contributed by atoms with Crippen molar-refractivity contribution in [2.24, 2.45) is 0 Å². The first-order chi connectivity index (χ1) is 6.61. The number of aromatic nitrogens is 2. The van der Waals surface area contributed by atoms with Crippen molar-refractivity contribution in [3.8, 4) is 0 Å². The van der Waals surface area contributed by atoms with E-state index in [-0.39, 0.29) is 0 Å². The van der Waals surface area contributed by atoms with Crippen molar-refractivity contribution in [3.63, 3.8) is 0 Å². The van der Waals surface area contributed by atoms with Gasteiger partial charge in [0.2, 0.25) is 0 Å². The zero-order valence-electron chi connectivity index (χ0n) is 8.77. The lowest BCUT2D eigenvalue weighted by Crippen LogP contribution is -2.59. The van der Waals surface area contributed by atoms with E-state index in [4.69, 9.17) is 0 Å². The molecule has 1 fully saturated rings. The molecule has 0 unspecified atom stereocenters. The first-order valence-electron chi connectivity index (χ1n) is 5.05. The molecule has 0 aromatic carbocycles. The highest BCUT2D eigenvalue weighted by Gasteiger charge is 2.36. The monoisotopic (exact) mass is 195 g/mol. The minimum atomic E-state index is -0.483. The number of hydrogen-bond donors (Lipinski definition) is 1. The normalized spacial score (nSPS) is 20.8. The van der Waals surface area contributed by atoms with Crippen LogP contribution in [0.2, 0.25) is 0 Å². The van der Waals surface area contributed by atoms with Gasteiger partial charge in [-0.15, -0.1) is 0 Å². The summed E-state index contributed by atoms with van der Waals surface area (Å²) in [5, 5.41) is 9.57. The van der Waals surface area contributed by atoms with E-state index in [1.807, 2.05) is 19.3 Å². The van der Waals surface area contributed by atoms with Gasteiger partial charge in [0.25, 0.3) is 0 Å². The molecule has 1 aliphatic rings. The number of rotatable bonds is 3. The SMILES string of the molecule is CCn1ccnc1CN1CC(C)(O)C1. The zero-order valence-corrected chi connectivity index (χ0v) is 8.77. The van der Waals surface area contributed by atoms with Crippen LogP contribution in [-0.2, 0) is 13.1 Å². The van der Waals surface area contributed by atoms with E-state index in [9.17, 15) is 5.11 Å². The van der Waals surface area contributed by atoms with Gasteiger partial charge in [-0.05, 0) is 13.8 Å². The lowest BCUT2D eigenvalue weighted by molar-refractivity contribution is -0.0883. The Morgan fingerprint density at radius 3 is 2.86 bits per heavy atom. The Labute approximate surface area is 84.2 Å². The van der Waals surface area contributed by atoms with E-state index in [0.29, 0.717) is 0 Å². The molecular formula is C10H17N3O. The molecule has 2 rings (SSSR count). The van der Waals surface area contributed by atoms with E-state index in [0.717, 1.165) is 32.0 Å². The van der Waals surface area contributed by atoms with Gasteiger partial charge in [-0.1, -0.05) is 0 Å². The number of nitrogens with zero attached hydrogens (tertiary/aromatic N) is 3. The molecule has 2 heterocycles. The van der Waals surface area contributed by atoms with Crippen LogP contribution in [0.1, 0.15) is 19.7 Å². The van der Waals surface area contributed by atoms with Gasteiger partial charge < -0.3 is 9.67 Å². The Morgan fingerprint density at radius 2 is 2.29 bits per heavy atom. The maximum Gasteiger partial charge on any atom is 0.122 e. The van der Waals surface area contributed by atoms with Crippen LogP contribution in [0.15, 0.2) is 12.4 Å². The lowest BCUT2D eigenvalue weighted by atomic mass is 9.97. The van der Waals surface area contributed by atoms with Crippen molar-refractivity contribution in [3.05, 3.63) is 18.2 Å². The quantitative estimate of drug-likeness (QED) is 0.762.